The molecule has 0 aliphatic heterocycles. The van der Waals surface area contributed by atoms with Crippen LogP contribution < -0.4 is 9.47 Å². The Morgan fingerprint density at radius 2 is 1.90 bits per heavy atom. The molecule has 1 heterocycles. The van der Waals surface area contributed by atoms with Gasteiger partial charge in [-0.2, -0.15) is 0 Å². The minimum Gasteiger partial charge on any atom is -0.493 e. The zero-order chi connectivity index (χ0) is 21.0. The molecule has 0 fully saturated rings. The second kappa shape index (κ2) is 8.61. The quantitative estimate of drug-likeness (QED) is 0.317. The van der Waals surface area contributed by atoms with Crippen molar-refractivity contribution < 1.29 is 28.5 Å². The highest BCUT2D eigenvalue weighted by atomic mass is 35.5. The first-order valence-electron chi connectivity index (χ1n) is 8.22. The lowest BCUT2D eigenvalue weighted by Crippen LogP contribution is -2.06. The maximum atomic E-state index is 12.2. The van der Waals surface area contributed by atoms with Crippen LogP contribution in [0.1, 0.15) is 16.1 Å². The second-order valence-electron chi connectivity index (χ2n) is 5.75. The van der Waals surface area contributed by atoms with Crippen LogP contribution in [-0.4, -0.2) is 30.3 Å². The van der Waals surface area contributed by atoms with Crippen LogP contribution in [0.25, 0.3) is 11.3 Å². The smallest absolute Gasteiger partial charge is 0.340 e. The van der Waals surface area contributed by atoms with E-state index in [0.29, 0.717) is 28.5 Å². The average molecular weight is 419 g/mol. The third-order valence-electron chi connectivity index (χ3n) is 3.96. The van der Waals surface area contributed by atoms with Crippen molar-refractivity contribution in [2.75, 3.05) is 14.2 Å². The van der Waals surface area contributed by atoms with Crippen molar-refractivity contribution in [1.82, 2.24) is 5.16 Å². The number of esters is 1. The second-order valence-corrected chi connectivity index (χ2v) is 6.16. The Bertz CT molecular complexity index is 1060. The summed E-state index contributed by atoms with van der Waals surface area (Å²) in [6.45, 7) is -0.200. The first-order chi connectivity index (χ1) is 13.9. The van der Waals surface area contributed by atoms with Gasteiger partial charge in [0.25, 0.3) is 5.69 Å². The first kappa shape index (κ1) is 20.2. The lowest BCUT2D eigenvalue weighted by Gasteiger charge is -2.07. The molecule has 3 rings (SSSR count). The normalized spacial score (nSPS) is 10.4. The number of halogens is 1. The Hall–Kier alpha value is -3.59. The lowest BCUT2D eigenvalue weighted by molar-refractivity contribution is -0.384. The van der Waals surface area contributed by atoms with Gasteiger partial charge in [0.1, 0.15) is 12.3 Å². The molecular formula is C19H15ClN2O7. The van der Waals surface area contributed by atoms with Crippen LogP contribution in [0.5, 0.6) is 11.5 Å². The van der Waals surface area contributed by atoms with Crippen molar-refractivity contribution in [3.05, 3.63) is 68.9 Å². The van der Waals surface area contributed by atoms with Crippen LogP contribution in [0.3, 0.4) is 0 Å². The largest absolute Gasteiger partial charge is 0.493 e. The molecule has 3 aromatic rings. The molecule has 0 spiro atoms. The van der Waals surface area contributed by atoms with Crippen LogP contribution in [0.4, 0.5) is 5.69 Å². The van der Waals surface area contributed by atoms with Crippen molar-refractivity contribution in [2.24, 2.45) is 0 Å². The molecule has 0 atom stereocenters. The van der Waals surface area contributed by atoms with Crippen LogP contribution in [0.2, 0.25) is 5.02 Å². The number of carbonyl (C=O) groups excluding carboxylic acids is 1. The minimum atomic E-state index is -0.811. The topological polar surface area (TPSA) is 114 Å². The van der Waals surface area contributed by atoms with E-state index in [1.165, 1.54) is 26.4 Å². The zero-order valence-corrected chi connectivity index (χ0v) is 16.1. The third kappa shape index (κ3) is 4.46. The third-order valence-corrected chi connectivity index (χ3v) is 4.29. The Morgan fingerprint density at radius 1 is 1.14 bits per heavy atom. The Morgan fingerprint density at radius 3 is 2.59 bits per heavy atom. The predicted octanol–water partition coefficient (Wildman–Crippen LogP) is 4.28. The lowest BCUT2D eigenvalue weighted by atomic mass is 10.1. The van der Waals surface area contributed by atoms with E-state index in [1.807, 2.05) is 0 Å². The number of hydrogen-bond acceptors (Lipinski definition) is 8. The summed E-state index contributed by atoms with van der Waals surface area (Å²) in [7, 11) is 3.05. The van der Waals surface area contributed by atoms with Crippen molar-refractivity contribution in [3.63, 3.8) is 0 Å². The van der Waals surface area contributed by atoms with Gasteiger partial charge in [-0.25, -0.2) is 4.79 Å². The van der Waals surface area contributed by atoms with Crippen molar-refractivity contribution >= 4 is 23.3 Å². The average Bonchev–Trinajstić information content (AvgIpc) is 3.20. The van der Waals surface area contributed by atoms with Gasteiger partial charge in [0.05, 0.1) is 29.7 Å². The van der Waals surface area contributed by atoms with Crippen molar-refractivity contribution in [3.8, 4) is 22.8 Å². The first-order valence-corrected chi connectivity index (χ1v) is 8.59. The van der Waals surface area contributed by atoms with E-state index >= 15 is 0 Å². The highest BCUT2D eigenvalue weighted by molar-refractivity contribution is 6.33. The van der Waals surface area contributed by atoms with Crippen LogP contribution in [-0.2, 0) is 11.3 Å². The van der Waals surface area contributed by atoms with Crippen LogP contribution >= 0.6 is 11.6 Å². The fraction of sp³-hybridized carbons (Fsp3) is 0.158. The van der Waals surface area contributed by atoms with Gasteiger partial charge in [-0.1, -0.05) is 16.8 Å². The van der Waals surface area contributed by atoms with E-state index in [2.05, 4.69) is 5.16 Å². The summed E-state index contributed by atoms with van der Waals surface area (Å²) in [5.41, 5.74) is 0.669. The predicted molar refractivity (Wildman–Crippen MR) is 102 cm³/mol. The molecule has 0 unspecified atom stereocenters. The molecule has 2 aromatic carbocycles. The summed E-state index contributed by atoms with van der Waals surface area (Å²) < 4.78 is 20.9. The fourth-order valence-corrected chi connectivity index (χ4v) is 2.70. The summed E-state index contributed by atoms with van der Waals surface area (Å²) in [6.07, 6.45) is 0. The van der Waals surface area contributed by atoms with Gasteiger partial charge < -0.3 is 18.7 Å². The van der Waals surface area contributed by atoms with Crippen LogP contribution in [0.15, 0.2) is 47.0 Å². The minimum absolute atomic E-state index is 0.0479. The Labute approximate surface area is 169 Å². The van der Waals surface area contributed by atoms with Gasteiger partial charge >= 0.3 is 5.97 Å². The highest BCUT2D eigenvalue weighted by Gasteiger charge is 2.18. The number of nitro groups is 1. The molecule has 10 heteroatoms. The van der Waals surface area contributed by atoms with Gasteiger partial charge in [0, 0.05) is 23.8 Å². The fourth-order valence-electron chi connectivity index (χ4n) is 2.51. The van der Waals surface area contributed by atoms with Crippen molar-refractivity contribution in [1.29, 1.82) is 0 Å². The molecule has 29 heavy (non-hydrogen) atoms. The van der Waals surface area contributed by atoms with E-state index < -0.39 is 10.9 Å². The van der Waals surface area contributed by atoms with E-state index in [0.717, 1.165) is 6.07 Å². The van der Waals surface area contributed by atoms with Gasteiger partial charge in [0.2, 0.25) is 0 Å². The Kier molecular flexibility index (Phi) is 5.99. The molecule has 0 aliphatic carbocycles. The van der Waals surface area contributed by atoms with E-state index in [1.54, 1.807) is 24.3 Å². The molecule has 9 nitrogen and oxygen atoms in total. The number of non-ortho nitro benzene ring substituents is 1. The summed E-state index contributed by atoms with van der Waals surface area (Å²) in [4.78, 5) is 22.5. The number of ether oxygens (including phenoxy) is 3. The van der Waals surface area contributed by atoms with Crippen LogP contribution in [0, 0.1) is 10.1 Å². The molecule has 0 bridgehead atoms. The molecule has 0 radical (unpaired) electrons. The molecule has 1 aromatic heterocycles. The number of methoxy groups -OCH3 is 2. The van der Waals surface area contributed by atoms with Gasteiger partial charge in [-0.15, -0.1) is 0 Å². The molecular weight excluding hydrogens is 404 g/mol. The maximum absolute atomic E-state index is 12.2. The molecule has 0 saturated carbocycles. The molecule has 0 amide bonds. The number of aromatic nitrogens is 1. The summed E-state index contributed by atoms with van der Waals surface area (Å²) >= 11 is 5.94. The number of benzene rings is 2. The number of nitrogens with zero attached hydrogens (tertiary/aromatic N) is 2. The standard InChI is InChI=1S/C19H15ClN2O7/c1-26-16-6-3-11(7-18(16)27-2)17-8-12(21-29-17)10-28-19(23)14-9-13(22(24)25)4-5-15(14)20/h3-9H,10H2,1-2H3. The maximum Gasteiger partial charge on any atom is 0.340 e. The van der Waals surface area contributed by atoms with E-state index in [-0.39, 0.29) is 22.9 Å². The Balaban J connectivity index is 1.72. The SMILES string of the molecule is COc1ccc(-c2cc(COC(=O)c3cc([N+](=O)[O-])ccc3Cl)no2)cc1OC. The van der Waals surface area contributed by atoms with E-state index in [4.69, 9.17) is 30.3 Å². The van der Waals surface area contributed by atoms with Gasteiger partial charge in [-0.3, -0.25) is 10.1 Å². The molecule has 0 N–H and O–H groups in total. The molecule has 0 aliphatic rings. The monoisotopic (exact) mass is 418 g/mol. The summed E-state index contributed by atoms with van der Waals surface area (Å²) in [5.74, 6) is 0.716. The zero-order valence-electron chi connectivity index (χ0n) is 15.4. The molecule has 0 saturated heterocycles. The number of carbonyl (C=O) groups is 1. The van der Waals surface area contributed by atoms with Gasteiger partial charge in [0.15, 0.2) is 17.3 Å². The number of rotatable bonds is 7. The van der Waals surface area contributed by atoms with Gasteiger partial charge in [-0.05, 0) is 24.3 Å². The number of nitro benzene ring substituents is 1. The van der Waals surface area contributed by atoms with E-state index in [9.17, 15) is 14.9 Å². The van der Waals surface area contributed by atoms with Crippen molar-refractivity contribution in [2.45, 2.75) is 6.61 Å². The molecule has 150 valence electrons. The summed E-state index contributed by atoms with van der Waals surface area (Å²) in [6, 6.07) is 10.3. The highest BCUT2D eigenvalue weighted by Crippen LogP contribution is 2.32. The number of hydrogen-bond donors (Lipinski definition) is 0. The summed E-state index contributed by atoms with van der Waals surface area (Å²) in [5, 5.41) is 14.8.